The number of halogens is 1. The molecule has 1 aromatic rings. The van der Waals surface area contributed by atoms with E-state index >= 15 is 0 Å². The van der Waals surface area contributed by atoms with Gasteiger partial charge in [-0.05, 0) is 18.4 Å². The fourth-order valence-electron chi connectivity index (χ4n) is 2.89. The molecule has 1 unspecified atom stereocenters. The first kappa shape index (κ1) is 17.2. The summed E-state index contributed by atoms with van der Waals surface area (Å²) in [7, 11) is 0. The molecule has 6 heteroatoms. The van der Waals surface area contributed by atoms with E-state index in [4.69, 9.17) is 9.84 Å². The summed E-state index contributed by atoms with van der Waals surface area (Å²) in [5.74, 6) is -1.96. The number of hydrogen-bond acceptors (Lipinski definition) is 3. The zero-order valence-corrected chi connectivity index (χ0v) is 13.3. The van der Waals surface area contributed by atoms with E-state index in [0.717, 1.165) is 0 Å². The first-order valence-corrected chi connectivity index (χ1v) is 7.81. The minimum atomic E-state index is -0.996. The Kier molecular flexibility index (Phi) is 5.58. The normalized spacial score (nSPS) is 18.0. The zero-order valence-electron chi connectivity index (χ0n) is 13.3. The molecule has 1 aliphatic heterocycles. The number of rotatable bonds is 6. The molecule has 2 N–H and O–H groups in total. The van der Waals surface area contributed by atoms with Gasteiger partial charge in [-0.1, -0.05) is 26.0 Å². The van der Waals surface area contributed by atoms with Crippen LogP contribution >= 0.6 is 0 Å². The van der Waals surface area contributed by atoms with Gasteiger partial charge in [-0.15, -0.1) is 0 Å². The van der Waals surface area contributed by atoms with Crippen molar-refractivity contribution in [2.45, 2.75) is 39.2 Å². The van der Waals surface area contributed by atoms with Crippen molar-refractivity contribution >= 4 is 11.9 Å². The second-order valence-corrected chi connectivity index (χ2v) is 6.28. The van der Waals surface area contributed by atoms with Crippen LogP contribution in [0.1, 0.15) is 44.7 Å². The molecule has 0 fully saturated rings. The second-order valence-electron chi connectivity index (χ2n) is 6.28. The number of carbonyl (C=O) groups excluding carboxylic acids is 1. The Morgan fingerprint density at radius 1 is 1.43 bits per heavy atom. The van der Waals surface area contributed by atoms with E-state index in [1.807, 2.05) is 13.8 Å². The van der Waals surface area contributed by atoms with Crippen molar-refractivity contribution < 1.29 is 23.8 Å². The van der Waals surface area contributed by atoms with Gasteiger partial charge in [0.05, 0.1) is 19.1 Å². The van der Waals surface area contributed by atoms with Gasteiger partial charge in [0.15, 0.2) is 11.6 Å². The molecule has 0 saturated carbocycles. The monoisotopic (exact) mass is 323 g/mol. The lowest BCUT2D eigenvalue weighted by Crippen LogP contribution is -2.37. The number of nitrogens with one attached hydrogen (secondary N) is 1. The van der Waals surface area contributed by atoms with Crippen molar-refractivity contribution in [1.82, 2.24) is 5.32 Å². The van der Waals surface area contributed by atoms with Crippen LogP contribution in [-0.4, -0.2) is 23.6 Å². The number of ether oxygens (including phenoxy) is 1. The van der Waals surface area contributed by atoms with Crippen LogP contribution in [0.3, 0.4) is 0 Å². The standard InChI is InChI=1S/C17H22FNO4/c1-10(2)8-11(9-15(20)21)17(22)19-14-6-7-23-16-12(14)4-3-5-13(16)18/h3-5,10-11,14H,6-9H2,1-2H3,(H,19,22)(H,20,21)/t11?,14-/m1/s1. The number of para-hydroxylation sites is 1. The molecule has 0 bridgehead atoms. The third-order valence-electron chi connectivity index (χ3n) is 3.89. The smallest absolute Gasteiger partial charge is 0.304 e. The third-order valence-corrected chi connectivity index (χ3v) is 3.89. The van der Waals surface area contributed by atoms with E-state index in [9.17, 15) is 14.0 Å². The minimum absolute atomic E-state index is 0.169. The molecule has 0 aliphatic carbocycles. The predicted octanol–water partition coefficient (Wildman–Crippen LogP) is 2.90. The van der Waals surface area contributed by atoms with E-state index in [0.29, 0.717) is 25.0 Å². The molecular formula is C17H22FNO4. The molecule has 2 rings (SSSR count). The third kappa shape index (κ3) is 4.43. The van der Waals surface area contributed by atoms with E-state index in [-0.39, 0.29) is 30.0 Å². The fourth-order valence-corrected chi connectivity index (χ4v) is 2.89. The lowest BCUT2D eigenvalue weighted by Gasteiger charge is -2.28. The molecule has 1 amide bonds. The number of hydrogen-bond donors (Lipinski definition) is 2. The highest BCUT2D eigenvalue weighted by atomic mass is 19.1. The van der Waals surface area contributed by atoms with Gasteiger partial charge in [0.2, 0.25) is 5.91 Å². The van der Waals surface area contributed by atoms with Gasteiger partial charge in [-0.25, -0.2) is 4.39 Å². The Morgan fingerprint density at radius 3 is 2.83 bits per heavy atom. The molecule has 5 nitrogen and oxygen atoms in total. The van der Waals surface area contributed by atoms with Gasteiger partial charge in [-0.2, -0.15) is 0 Å². The van der Waals surface area contributed by atoms with Crippen molar-refractivity contribution in [3.8, 4) is 5.75 Å². The maximum Gasteiger partial charge on any atom is 0.304 e. The van der Waals surface area contributed by atoms with Crippen LogP contribution in [0.25, 0.3) is 0 Å². The van der Waals surface area contributed by atoms with Gasteiger partial charge in [0.25, 0.3) is 0 Å². The highest BCUT2D eigenvalue weighted by Crippen LogP contribution is 2.34. The van der Waals surface area contributed by atoms with E-state index in [1.54, 1.807) is 12.1 Å². The van der Waals surface area contributed by atoms with Crippen LogP contribution in [0, 0.1) is 17.7 Å². The summed E-state index contributed by atoms with van der Waals surface area (Å²) < 4.78 is 19.1. The number of carboxylic acids is 1. The molecule has 2 atom stereocenters. The summed E-state index contributed by atoms with van der Waals surface area (Å²) in [6.45, 7) is 4.20. The Bertz CT molecular complexity index is 588. The van der Waals surface area contributed by atoms with Crippen molar-refractivity contribution in [2.75, 3.05) is 6.61 Å². The van der Waals surface area contributed by atoms with Crippen molar-refractivity contribution in [1.29, 1.82) is 0 Å². The summed E-state index contributed by atoms with van der Waals surface area (Å²) >= 11 is 0. The topological polar surface area (TPSA) is 75.6 Å². The van der Waals surface area contributed by atoms with Crippen LogP contribution in [-0.2, 0) is 9.59 Å². The number of carboxylic acid groups (broad SMARTS) is 1. The average Bonchev–Trinajstić information content (AvgIpc) is 2.46. The van der Waals surface area contributed by atoms with Gasteiger partial charge >= 0.3 is 5.97 Å². The molecule has 23 heavy (non-hydrogen) atoms. The Balaban J connectivity index is 2.13. The number of carbonyl (C=O) groups is 2. The maximum atomic E-state index is 13.8. The Labute approximate surface area is 134 Å². The molecule has 1 aromatic carbocycles. The first-order valence-electron chi connectivity index (χ1n) is 7.81. The van der Waals surface area contributed by atoms with Crippen LogP contribution in [0.4, 0.5) is 4.39 Å². The fraction of sp³-hybridized carbons (Fsp3) is 0.529. The quantitative estimate of drug-likeness (QED) is 0.844. The summed E-state index contributed by atoms with van der Waals surface area (Å²) in [6, 6.07) is 4.25. The molecule has 1 heterocycles. The van der Waals surface area contributed by atoms with E-state index in [1.165, 1.54) is 6.07 Å². The van der Waals surface area contributed by atoms with Crippen LogP contribution in [0.5, 0.6) is 5.75 Å². The Hall–Kier alpha value is -2.11. The summed E-state index contributed by atoms with van der Waals surface area (Å²) in [5.41, 5.74) is 0.600. The van der Waals surface area contributed by atoms with E-state index < -0.39 is 17.7 Å². The predicted molar refractivity (Wildman–Crippen MR) is 82.6 cm³/mol. The van der Waals surface area contributed by atoms with Gasteiger partial charge in [-0.3, -0.25) is 9.59 Å². The zero-order chi connectivity index (χ0) is 17.0. The van der Waals surface area contributed by atoms with Gasteiger partial charge in [0.1, 0.15) is 0 Å². The molecule has 0 aromatic heterocycles. The second kappa shape index (κ2) is 7.44. The molecular weight excluding hydrogens is 301 g/mol. The van der Waals surface area contributed by atoms with Gasteiger partial charge in [0, 0.05) is 17.9 Å². The Morgan fingerprint density at radius 2 is 2.17 bits per heavy atom. The van der Waals surface area contributed by atoms with Crippen molar-refractivity contribution in [3.05, 3.63) is 29.6 Å². The molecule has 0 spiro atoms. The SMILES string of the molecule is CC(C)CC(CC(=O)O)C(=O)N[C@@H]1CCOc2c(F)cccc21. The van der Waals surface area contributed by atoms with Crippen LogP contribution in [0.15, 0.2) is 18.2 Å². The molecule has 1 aliphatic rings. The molecule has 0 saturated heterocycles. The number of amides is 1. The number of aliphatic carboxylic acids is 1. The van der Waals surface area contributed by atoms with Crippen LogP contribution in [0.2, 0.25) is 0 Å². The summed E-state index contributed by atoms with van der Waals surface area (Å²) in [5, 5.41) is 11.9. The number of benzene rings is 1. The minimum Gasteiger partial charge on any atom is -0.490 e. The van der Waals surface area contributed by atoms with Crippen LogP contribution < -0.4 is 10.1 Å². The van der Waals surface area contributed by atoms with Crippen molar-refractivity contribution in [3.63, 3.8) is 0 Å². The highest BCUT2D eigenvalue weighted by molar-refractivity contribution is 5.83. The summed E-state index contributed by atoms with van der Waals surface area (Å²) in [4.78, 5) is 23.4. The molecule has 0 radical (unpaired) electrons. The average molecular weight is 323 g/mol. The highest BCUT2D eigenvalue weighted by Gasteiger charge is 2.29. The number of fused-ring (bicyclic) bond motifs is 1. The summed E-state index contributed by atoms with van der Waals surface area (Å²) in [6.07, 6.45) is 0.824. The lowest BCUT2D eigenvalue weighted by molar-refractivity contribution is -0.141. The lowest BCUT2D eigenvalue weighted by atomic mass is 9.92. The van der Waals surface area contributed by atoms with Gasteiger partial charge < -0.3 is 15.2 Å². The maximum absolute atomic E-state index is 13.8. The van der Waals surface area contributed by atoms with E-state index in [2.05, 4.69) is 5.32 Å². The first-order chi connectivity index (χ1) is 10.9. The molecule has 126 valence electrons. The largest absolute Gasteiger partial charge is 0.490 e. The van der Waals surface area contributed by atoms with Crippen molar-refractivity contribution in [2.24, 2.45) is 11.8 Å².